The molecule has 0 spiro atoms. The molecule has 0 atom stereocenters. The number of carbonyl (C=O) groups excluding carboxylic acids is 1. The molecule has 0 unspecified atom stereocenters. The first-order valence-electron chi connectivity index (χ1n) is 9.18. The quantitative estimate of drug-likeness (QED) is 0.384. The molecule has 0 heterocycles. The van der Waals surface area contributed by atoms with Gasteiger partial charge in [0.05, 0.1) is 12.8 Å². The van der Waals surface area contributed by atoms with Crippen molar-refractivity contribution >= 4 is 28.1 Å². The van der Waals surface area contributed by atoms with Gasteiger partial charge in [0.2, 0.25) is 0 Å². The lowest BCUT2D eigenvalue weighted by Crippen LogP contribution is -2.24. The van der Waals surface area contributed by atoms with Gasteiger partial charge in [-0.2, -0.15) is 5.10 Å². The van der Waals surface area contributed by atoms with Gasteiger partial charge in [-0.1, -0.05) is 58.4 Å². The Morgan fingerprint density at radius 1 is 1.00 bits per heavy atom. The first-order valence-corrected chi connectivity index (χ1v) is 9.97. The van der Waals surface area contributed by atoms with E-state index in [0.29, 0.717) is 18.1 Å². The van der Waals surface area contributed by atoms with Gasteiger partial charge in [0.15, 0.2) is 6.61 Å². The summed E-state index contributed by atoms with van der Waals surface area (Å²) in [6.45, 7) is 2.33. The van der Waals surface area contributed by atoms with Crippen molar-refractivity contribution in [2.45, 2.75) is 6.92 Å². The average Bonchev–Trinajstić information content (AvgIpc) is 2.75. The van der Waals surface area contributed by atoms with Crippen LogP contribution in [0.15, 0.2) is 82.4 Å². The first-order chi connectivity index (χ1) is 14.2. The zero-order valence-corrected chi connectivity index (χ0v) is 17.6. The second-order valence-corrected chi connectivity index (χ2v) is 7.00. The maximum absolute atomic E-state index is 12.0. The van der Waals surface area contributed by atoms with E-state index in [1.165, 1.54) is 0 Å². The molecule has 0 fully saturated rings. The number of carbonyl (C=O) groups is 1. The number of halogens is 1. The summed E-state index contributed by atoms with van der Waals surface area (Å²) in [5.74, 6) is 0.972. The lowest BCUT2D eigenvalue weighted by atomic mass is 10.1. The molecule has 0 aliphatic heterocycles. The number of hydrazone groups is 1. The van der Waals surface area contributed by atoms with Gasteiger partial charge in [-0.3, -0.25) is 4.79 Å². The van der Waals surface area contributed by atoms with Crippen LogP contribution in [0.1, 0.15) is 12.5 Å². The molecule has 0 bridgehead atoms. The van der Waals surface area contributed by atoms with E-state index in [9.17, 15) is 4.79 Å². The zero-order chi connectivity index (χ0) is 20.5. The van der Waals surface area contributed by atoms with Crippen LogP contribution >= 0.6 is 15.9 Å². The topological polar surface area (TPSA) is 59.9 Å². The minimum atomic E-state index is -0.346. The molecule has 3 aromatic rings. The molecule has 3 rings (SSSR count). The standard InChI is InChI=1S/C23H21BrN2O3/c1-2-28-22-13-10-20(24)14-19(22)15-25-26-23(27)16-29-21-11-8-18(9-12-21)17-6-4-3-5-7-17/h3-15H,2,16H2,1H3,(H,26,27)/b25-15+. The summed E-state index contributed by atoms with van der Waals surface area (Å²) >= 11 is 3.41. The van der Waals surface area contributed by atoms with E-state index >= 15 is 0 Å². The molecule has 3 aromatic carbocycles. The molecule has 0 radical (unpaired) electrons. The normalized spacial score (nSPS) is 10.7. The lowest BCUT2D eigenvalue weighted by Gasteiger charge is -2.08. The second-order valence-electron chi connectivity index (χ2n) is 6.09. The van der Waals surface area contributed by atoms with E-state index < -0.39 is 0 Å². The number of hydrogen-bond donors (Lipinski definition) is 1. The van der Waals surface area contributed by atoms with E-state index in [2.05, 4.69) is 26.5 Å². The van der Waals surface area contributed by atoms with Crippen LogP contribution in [0.3, 0.4) is 0 Å². The Morgan fingerprint density at radius 3 is 2.45 bits per heavy atom. The summed E-state index contributed by atoms with van der Waals surface area (Å²) < 4.78 is 12.0. The van der Waals surface area contributed by atoms with Gasteiger partial charge in [0.25, 0.3) is 5.91 Å². The number of benzene rings is 3. The Labute approximate surface area is 178 Å². The van der Waals surface area contributed by atoms with Crippen molar-refractivity contribution in [2.75, 3.05) is 13.2 Å². The van der Waals surface area contributed by atoms with Crippen LogP contribution in [0.4, 0.5) is 0 Å². The third-order valence-electron chi connectivity index (χ3n) is 4.00. The molecule has 6 heteroatoms. The highest BCUT2D eigenvalue weighted by atomic mass is 79.9. The minimum absolute atomic E-state index is 0.126. The fraction of sp³-hybridized carbons (Fsp3) is 0.130. The van der Waals surface area contributed by atoms with Crippen LogP contribution in [0.2, 0.25) is 0 Å². The second kappa shape index (κ2) is 10.4. The molecule has 0 aliphatic rings. The van der Waals surface area contributed by atoms with Crippen molar-refractivity contribution in [1.29, 1.82) is 0 Å². The highest BCUT2D eigenvalue weighted by Gasteiger charge is 2.04. The van der Waals surface area contributed by atoms with Crippen molar-refractivity contribution in [1.82, 2.24) is 5.43 Å². The maximum atomic E-state index is 12.0. The molecule has 0 saturated carbocycles. The Balaban J connectivity index is 1.51. The maximum Gasteiger partial charge on any atom is 0.277 e. The number of hydrogen-bond acceptors (Lipinski definition) is 4. The highest BCUT2D eigenvalue weighted by Crippen LogP contribution is 2.22. The molecule has 0 aromatic heterocycles. The summed E-state index contributed by atoms with van der Waals surface area (Å²) in [5, 5.41) is 3.99. The minimum Gasteiger partial charge on any atom is -0.493 e. The molecule has 5 nitrogen and oxygen atoms in total. The Bertz CT molecular complexity index is 973. The van der Waals surface area contributed by atoms with Crippen LogP contribution in [0.5, 0.6) is 11.5 Å². The van der Waals surface area contributed by atoms with Crippen LogP contribution in [-0.2, 0) is 4.79 Å². The number of amides is 1. The van der Waals surface area contributed by atoms with Gasteiger partial charge in [-0.05, 0) is 48.4 Å². The average molecular weight is 453 g/mol. The van der Waals surface area contributed by atoms with Crippen molar-refractivity contribution in [3.8, 4) is 22.6 Å². The number of rotatable bonds is 8. The Morgan fingerprint density at radius 2 is 1.72 bits per heavy atom. The van der Waals surface area contributed by atoms with Crippen LogP contribution in [-0.4, -0.2) is 25.3 Å². The van der Waals surface area contributed by atoms with Crippen molar-refractivity contribution in [2.24, 2.45) is 5.10 Å². The third kappa shape index (κ3) is 6.19. The van der Waals surface area contributed by atoms with Gasteiger partial charge < -0.3 is 9.47 Å². The number of ether oxygens (including phenoxy) is 2. The van der Waals surface area contributed by atoms with Gasteiger partial charge in [-0.15, -0.1) is 0 Å². The summed E-state index contributed by atoms with van der Waals surface area (Å²) in [5.41, 5.74) is 5.44. The van der Waals surface area contributed by atoms with E-state index in [4.69, 9.17) is 9.47 Å². The molecule has 148 valence electrons. The SMILES string of the molecule is CCOc1ccc(Br)cc1/C=N/NC(=O)COc1ccc(-c2ccccc2)cc1. The Kier molecular flexibility index (Phi) is 7.41. The van der Waals surface area contributed by atoms with Crippen LogP contribution in [0.25, 0.3) is 11.1 Å². The van der Waals surface area contributed by atoms with E-state index in [-0.39, 0.29) is 12.5 Å². The van der Waals surface area contributed by atoms with Crippen LogP contribution < -0.4 is 14.9 Å². The van der Waals surface area contributed by atoms with Crippen molar-refractivity contribution in [3.63, 3.8) is 0 Å². The fourth-order valence-electron chi connectivity index (χ4n) is 2.64. The van der Waals surface area contributed by atoms with Gasteiger partial charge in [0.1, 0.15) is 11.5 Å². The predicted octanol–water partition coefficient (Wildman–Crippen LogP) is 5.04. The molecule has 0 aliphatic carbocycles. The highest BCUT2D eigenvalue weighted by molar-refractivity contribution is 9.10. The fourth-order valence-corrected chi connectivity index (χ4v) is 3.02. The molecule has 1 N–H and O–H groups in total. The molecule has 1 amide bonds. The van der Waals surface area contributed by atoms with Gasteiger partial charge >= 0.3 is 0 Å². The van der Waals surface area contributed by atoms with Gasteiger partial charge in [0, 0.05) is 10.0 Å². The largest absolute Gasteiger partial charge is 0.493 e. The number of nitrogens with zero attached hydrogens (tertiary/aromatic N) is 1. The third-order valence-corrected chi connectivity index (χ3v) is 4.49. The predicted molar refractivity (Wildman–Crippen MR) is 118 cm³/mol. The van der Waals surface area contributed by atoms with Crippen LogP contribution in [0, 0.1) is 0 Å². The first kappa shape index (κ1) is 20.6. The monoisotopic (exact) mass is 452 g/mol. The summed E-state index contributed by atoms with van der Waals surface area (Å²) in [7, 11) is 0. The molecule has 29 heavy (non-hydrogen) atoms. The molecular weight excluding hydrogens is 432 g/mol. The zero-order valence-electron chi connectivity index (χ0n) is 16.0. The Hall–Kier alpha value is -3.12. The van der Waals surface area contributed by atoms with Crippen molar-refractivity contribution < 1.29 is 14.3 Å². The van der Waals surface area contributed by atoms with E-state index in [1.54, 1.807) is 6.21 Å². The molecule has 0 saturated heterocycles. The van der Waals surface area contributed by atoms with Crippen molar-refractivity contribution in [3.05, 3.63) is 82.8 Å². The lowest BCUT2D eigenvalue weighted by molar-refractivity contribution is -0.123. The van der Waals surface area contributed by atoms with Gasteiger partial charge in [-0.25, -0.2) is 5.43 Å². The summed E-state index contributed by atoms with van der Waals surface area (Å²) in [4.78, 5) is 12.0. The van der Waals surface area contributed by atoms with E-state index in [1.807, 2.05) is 79.7 Å². The number of nitrogens with one attached hydrogen (secondary N) is 1. The smallest absolute Gasteiger partial charge is 0.277 e. The summed E-state index contributed by atoms with van der Waals surface area (Å²) in [6.07, 6.45) is 1.54. The molecular formula is C23H21BrN2O3. The van der Waals surface area contributed by atoms with E-state index in [0.717, 1.165) is 21.2 Å². The summed E-state index contributed by atoms with van der Waals surface area (Å²) in [6, 6.07) is 23.3.